The van der Waals surface area contributed by atoms with E-state index in [0.717, 1.165) is 41.7 Å². The monoisotopic (exact) mass is 287 g/mol. The zero-order valence-electron chi connectivity index (χ0n) is 11.3. The van der Waals surface area contributed by atoms with E-state index in [4.69, 9.17) is 0 Å². The molecule has 0 spiro atoms. The second-order valence-corrected chi connectivity index (χ2v) is 7.71. The molecule has 4 nitrogen and oxygen atoms in total. The molecule has 6 heteroatoms. The molecule has 2 heterocycles. The van der Waals surface area contributed by atoms with E-state index in [1.54, 1.807) is 0 Å². The molecule has 2 rings (SSSR count). The van der Waals surface area contributed by atoms with E-state index in [1.807, 2.05) is 0 Å². The van der Waals surface area contributed by atoms with Crippen molar-refractivity contribution in [2.45, 2.75) is 39.2 Å². The zero-order valence-corrected chi connectivity index (χ0v) is 12.9. The fourth-order valence-electron chi connectivity index (χ4n) is 2.16. The predicted molar refractivity (Wildman–Crippen MR) is 77.8 cm³/mol. The molecule has 1 aliphatic rings. The van der Waals surface area contributed by atoms with Gasteiger partial charge in [-0.3, -0.25) is 4.21 Å². The van der Waals surface area contributed by atoms with Crippen molar-refractivity contribution >= 4 is 27.5 Å². The molecule has 0 N–H and O–H groups in total. The number of rotatable bonds is 4. The Labute approximate surface area is 115 Å². The number of anilines is 1. The van der Waals surface area contributed by atoms with Gasteiger partial charge in [-0.25, -0.2) is 4.98 Å². The van der Waals surface area contributed by atoms with Gasteiger partial charge in [0.2, 0.25) is 5.13 Å². The van der Waals surface area contributed by atoms with E-state index in [9.17, 15) is 4.21 Å². The third-order valence-corrected chi connectivity index (χ3v) is 5.48. The molecule has 0 unspecified atom stereocenters. The van der Waals surface area contributed by atoms with Crippen molar-refractivity contribution < 1.29 is 4.21 Å². The largest absolute Gasteiger partial charge is 0.347 e. The fraction of sp³-hybridized carbons (Fsp3) is 0.833. The molecular weight excluding hydrogens is 266 g/mol. The van der Waals surface area contributed by atoms with E-state index < -0.39 is 10.8 Å². The summed E-state index contributed by atoms with van der Waals surface area (Å²) in [7, 11) is 1.49. The lowest BCUT2D eigenvalue weighted by Crippen LogP contribution is -2.37. The average molecular weight is 287 g/mol. The second-order valence-electron chi connectivity index (χ2n) is 5.28. The van der Waals surface area contributed by atoms with Crippen LogP contribution in [0.3, 0.4) is 0 Å². The molecule has 18 heavy (non-hydrogen) atoms. The maximum atomic E-state index is 11.4. The van der Waals surface area contributed by atoms with Crippen molar-refractivity contribution in [3.8, 4) is 0 Å². The first-order valence-electron chi connectivity index (χ1n) is 6.46. The number of aromatic nitrogens is 2. The number of nitrogens with zero attached hydrogens (tertiary/aromatic N) is 3. The summed E-state index contributed by atoms with van der Waals surface area (Å²) >= 11 is 1.48. The van der Waals surface area contributed by atoms with E-state index >= 15 is 0 Å². The highest BCUT2D eigenvalue weighted by Gasteiger charge is 2.23. The summed E-state index contributed by atoms with van der Waals surface area (Å²) in [6, 6.07) is 0.475. The van der Waals surface area contributed by atoms with Crippen molar-refractivity contribution in [3.05, 3.63) is 5.82 Å². The molecule has 1 fully saturated rings. The normalized spacial score (nSPS) is 24.4. The Morgan fingerprint density at radius 2 is 2.11 bits per heavy atom. The molecule has 0 saturated carbocycles. The van der Waals surface area contributed by atoms with Crippen molar-refractivity contribution in [1.82, 2.24) is 9.36 Å². The highest BCUT2D eigenvalue weighted by molar-refractivity contribution is 7.85. The van der Waals surface area contributed by atoms with Crippen molar-refractivity contribution in [3.63, 3.8) is 0 Å². The summed E-state index contributed by atoms with van der Waals surface area (Å²) in [5, 5.41) is 1.00. The average Bonchev–Trinajstić information content (AvgIpc) is 2.76. The van der Waals surface area contributed by atoms with Crippen LogP contribution in [-0.4, -0.2) is 38.2 Å². The van der Waals surface area contributed by atoms with Gasteiger partial charge in [0.1, 0.15) is 5.82 Å². The third-order valence-electron chi connectivity index (χ3n) is 3.26. The summed E-state index contributed by atoms with van der Waals surface area (Å²) in [6.07, 6.45) is 2.95. The Kier molecular flexibility index (Phi) is 4.72. The number of hydrogen-bond acceptors (Lipinski definition) is 5. The van der Waals surface area contributed by atoms with Crippen LogP contribution in [0.5, 0.6) is 0 Å². The van der Waals surface area contributed by atoms with Crippen molar-refractivity contribution in [1.29, 1.82) is 0 Å². The van der Waals surface area contributed by atoms with Gasteiger partial charge >= 0.3 is 0 Å². The second kappa shape index (κ2) is 6.10. The molecule has 0 amide bonds. The van der Waals surface area contributed by atoms with Gasteiger partial charge in [-0.2, -0.15) is 4.37 Å². The smallest absolute Gasteiger partial charge is 0.205 e. The molecule has 0 atom stereocenters. The lowest BCUT2D eigenvalue weighted by atomic mass is 10.1. The van der Waals surface area contributed by atoms with E-state index in [0.29, 0.717) is 12.0 Å². The standard InChI is InChI=1S/C12H21N3OS2/c1-9(2)8-11-13-12(17-14-11)15(3)10-4-6-18(16)7-5-10/h9-10H,4-8H2,1-3H3. The minimum atomic E-state index is -0.596. The van der Waals surface area contributed by atoms with Gasteiger partial charge in [0.05, 0.1) is 0 Å². The molecule has 1 aromatic rings. The Morgan fingerprint density at radius 1 is 1.44 bits per heavy atom. The van der Waals surface area contributed by atoms with Gasteiger partial charge in [-0.15, -0.1) is 0 Å². The summed E-state index contributed by atoms with van der Waals surface area (Å²) in [6.45, 7) is 4.36. The van der Waals surface area contributed by atoms with Gasteiger partial charge in [0.25, 0.3) is 0 Å². The molecular formula is C12H21N3OS2. The van der Waals surface area contributed by atoms with Gasteiger partial charge < -0.3 is 4.90 Å². The van der Waals surface area contributed by atoms with Crippen molar-refractivity contribution in [2.24, 2.45) is 5.92 Å². The first-order valence-corrected chi connectivity index (χ1v) is 8.72. The fourth-order valence-corrected chi connectivity index (χ4v) is 4.16. The van der Waals surface area contributed by atoms with Crippen LogP contribution in [0.15, 0.2) is 0 Å². The summed E-state index contributed by atoms with van der Waals surface area (Å²) in [5.74, 6) is 3.20. The molecule has 0 bridgehead atoms. The molecule has 0 aliphatic carbocycles. The van der Waals surface area contributed by atoms with Crippen molar-refractivity contribution in [2.75, 3.05) is 23.5 Å². The van der Waals surface area contributed by atoms with Crippen LogP contribution in [0.25, 0.3) is 0 Å². The molecule has 0 aromatic carbocycles. The predicted octanol–water partition coefficient (Wildman–Crippen LogP) is 2.08. The van der Waals surface area contributed by atoms with Crippen LogP contribution in [0.2, 0.25) is 0 Å². The molecule has 1 aromatic heterocycles. The van der Waals surface area contributed by atoms with Gasteiger partial charge in [-0.05, 0) is 18.8 Å². The van der Waals surface area contributed by atoms with E-state index in [2.05, 4.69) is 35.2 Å². The molecule has 0 radical (unpaired) electrons. The lowest BCUT2D eigenvalue weighted by molar-refractivity contribution is 0.567. The third kappa shape index (κ3) is 3.51. The minimum Gasteiger partial charge on any atom is -0.347 e. The first kappa shape index (κ1) is 13.9. The van der Waals surface area contributed by atoms with Crippen LogP contribution in [0.1, 0.15) is 32.5 Å². The molecule has 102 valence electrons. The maximum Gasteiger partial charge on any atom is 0.205 e. The topological polar surface area (TPSA) is 46.1 Å². The Morgan fingerprint density at radius 3 is 2.72 bits per heavy atom. The Balaban J connectivity index is 1.98. The van der Waals surface area contributed by atoms with Gasteiger partial charge in [-0.1, -0.05) is 13.8 Å². The van der Waals surface area contributed by atoms with Crippen LogP contribution < -0.4 is 4.90 Å². The molecule has 1 aliphatic heterocycles. The Bertz CT molecular complexity index is 409. The highest BCUT2D eigenvalue weighted by atomic mass is 32.2. The minimum absolute atomic E-state index is 0.475. The Hall–Kier alpha value is -0.490. The summed E-state index contributed by atoms with van der Waals surface area (Å²) < 4.78 is 15.8. The zero-order chi connectivity index (χ0) is 13.1. The number of hydrogen-bond donors (Lipinski definition) is 0. The van der Waals surface area contributed by atoms with Crippen LogP contribution in [0.4, 0.5) is 5.13 Å². The van der Waals surface area contributed by atoms with Gasteiger partial charge in [0.15, 0.2) is 0 Å². The molecule has 1 saturated heterocycles. The SMILES string of the molecule is CC(C)Cc1nsc(N(C)C2CCS(=O)CC2)n1. The first-order chi connectivity index (χ1) is 8.56. The maximum absolute atomic E-state index is 11.4. The van der Waals surface area contributed by atoms with Crippen LogP contribution >= 0.6 is 11.5 Å². The lowest BCUT2D eigenvalue weighted by Gasteiger charge is -2.30. The van der Waals surface area contributed by atoms with Crippen LogP contribution in [0, 0.1) is 5.92 Å². The summed E-state index contributed by atoms with van der Waals surface area (Å²) in [4.78, 5) is 6.82. The quantitative estimate of drug-likeness (QED) is 0.850. The summed E-state index contributed by atoms with van der Waals surface area (Å²) in [5.41, 5.74) is 0. The van der Waals surface area contributed by atoms with E-state index in [-0.39, 0.29) is 0 Å². The van der Waals surface area contributed by atoms with E-state index in [1.165, 1.54) is 11.5 Å². The highest BCUT2D eigenvalue weighted by Crippen LogP contribution is 2.24. The van der Waals surface area contributed by atoms with Gasteiger partial charge in [0, 0.05) is 53.3 Å². The van der Waals surface area contributed by atoms with Crippen LogP contribution in [-0.2, 0) is 17.2 Å².